The Balaban J connectivity index is 1.43. The molecule has 0 spiro atoms. The molecular formula is C52H42. The largest absolute Gasteiger partial charge is 0.0991 e. The second-order valence-electron chi connectivity index (χ2n) is 13.7. The first-order valence-corrected chi connectivity index (χ1v) is 18.2. The summed E-state index contributed by atoms with van der Waals surface area (Å²) < 4.78 is 0. The Labute approximate surface area is 308 Å². The lowest BCUT2D eigenvalue weighted by molar-refractivity contribution is 1.26. The van der Waals surface area contributed by atoms with Crippen molar-refractivity contribution < 1.29 is 0 Å². The standard InChI is InChI=1S/C52H42/c1-5-9-35-13-21-39(22-14-35)47-33-48(40-23-15-36(10-6-2)16-24-40)44-31-32-46-50(42-27-19-38(12-8-4)20-28-42)34-49(41-25-17-37(11-7-3)18-26-41)45-30-29-43(47)51(44)52(45)46/h5-13,15,17,19,21-34H,1-4,14,16,18,20H2. The van der Waals surface area contributed by atoms with E-state index in [0.717, 1.165) is 25.7 Å². The molecule has 0 aromatic heterocycles. The molecule has 0 aliphatic heterocycles. The Morgan fingerprint density at radius 1 is 0.346 bits per heavy atom. The summed E-state index contributed by atoms with van der Waals surface area (Å²) in [6, 6.07) is 14.3. The first-order valence-electron chi connectivity index (χ1n) is 18.2. The van der Waals surface area contributed by atoms with Crippen LogP contribution in [-0.4, -0.2) is 0 Å². The summed E-state index contributed by atoms with van der Waals surface area (Å²) in [6.07, 6.45) is 47.0. The van der Waals surface area contributed by atoms with Gasteiger partial charge in [0.1, 0.15) is 0 Å². The molecule has 4 aliphatic carbocycles. The van der Waals surface area contributed by atoms with E-state index in [1.165, 1.54) is 99.2 Å². The highest BCUT2D eigenvalue weighted by Gasteiger charge is 2.23. The van der Waals surface area contributed by atoms with E-state index in [0.29, 0.717) is 0 Å². The van der Waals surface area contributed by atoms with Gasteiger partial charge in [-0.2, -0.15) is 0 Å². The van der Waals surface area contributed by atoms with Crippen LogP contribution in [0.3, 0.4) is 0 Å². The molecule has 4 aliphatic rings. The van der Waals surface area contributed by atoms with E-state index < -0.39 is 0 Å². The molecule has 0 heteroatoms. The minimum atomic E-state index is 0.882. The molecule has 0 saturated heterocycles. The van der Waals surface area contributed by atoms with Crippen LogP contribution in [0, 0.1) is 0 Å². The summed E-state index contributed by atoms with van der Waals surface area (Å²) >= 11 is 0. The molecule has 0 N–H and O–H groups in total. The van der Waals surface area contributed by atoms with Gasteiger partial charge in [0.15, 0.2) is 0 Å². The van der Waals surface area contributed by atoms with E-state index in [2.05, 4.69) is 160 Å². The number of hydrogen-bond acceptors (Lipinski definition) is 0. The molecule has 52 heavy (non-hydrogen) atoms. The van der Waals surface area contributed by atoms with Crippen LogP contribution in [0.25, 0.3) is 54.6 Å². The monoisotopic (exact) mass is 666 g/mol. The van der Waals surface area contributed by atoms with Crippen molar-refractivity contribution in [1.29, 1.82) is 0 Å². The van der Waals surface area contributed by atoms with Crippen molar-refractivity contribution in [3.05, 3.63) is 229 Å². The van der Waals surface area contributed by atoms with Gasteiger partial charge in [0, 0.05) is 0 Å². The van der Waals surface area contributed by atoms with Crippen molar-refractivity contribution in [3.63, 3.8) is 0 Å². The van der Waals surface area contributed by atoms with Gasteiger partial charge in [-0.05, 0) is 137 Å². The minimum absolute atomic E-state index is 0.882. The Hall–Kier alpha value is -6.24. The van der Waals surface area contributed by atoms with Crippen LogP contribution in [0.15, 0.2) is 207 Å². The van der Waals surface area contributed by atoms with E-state index in [1.54, 1.807) is 0 Å². The van der Waals surface area contributed by atoms with Crippen molar-refractivity contribution in [2.24, 2.45) is 0 Å². The fraction of sp³-hybridized carbons (Fsp3) is 0.0769. The Kier molecular flexibility index (Phi) is 8.98. The number of hydrogen-bond donors (Lipinski definition) is 0. The highest BCUT2D eigenvalue weighted by molar-refractivity contribution is 6.29. The average Bonchev–Trinajstić information content (AvgIpc) is 3.18. The molecule has 0 bridgehead atoms. The lowest BCUT2D eigenvalue weighted by Gasteiger charge is -2.24. The first kappa shape index (κ1) is 32.9. The fourth-order valence-electron chi connectivity index (χ4n) is 8.09. The van der Waals surface area contributed by atoms with E-state index >= 15 is 0 Å². The molecule has 0 saturated carbocycles. The third-order valence-electron chi connectivity index (χ3n) is 10.6. The highest BCUT2D eigenvalue weighted by atomic mass is 14.3. The molecule has 0 amide bonds. The van der Waals surface area contributed by atoms with Gasteiger partial charge in [-0.25, -0.2) is 0 Å². The van der Waals surface area contributed by atoms with Crippen LogP contribution in [-0.2, 0) is 0 Å². The van der Waals surface area contributed by atoms with Gasteiger partial charge in [-0.3, -0.25) is 0 Å². The van der Waals surface area contributed by atoms with Gasteiger partial charge < -0.3 is 0 Å². The summed E-state index contributed by atoms with van der Waals surface area (Å²) in [5.74, 6) is 0. The number of allylic oxidation sites excluding steroid dienone is 28. The zero-order valence-electron chi connectivity index (χ0n) is 29.7. The quantitative estimate of drug-likeness (QED) is 0.164. The second-order valence-corrected chi connectivity index (χ2v) is 13.7. The summed E-state index contributed by atoms with van der Waals surface area (Å²) in [6.45, 7) is 15.7. The van der Waals surface area contributed by atoms with Crippen molar-refractivity contribution in [2.45, 2.75) is 25.7 Å². The van der Waals surface area contributed by atoms with Crippen molar-refractivity contribution in [1.82, 2.24) is 0 Å². The molecule has 0 unspecified atom stereocenters. The molecule has 4 aromatic rings. The fourth-order valence-corrected chi connectivity index (χ4v) is 8.09. The van der Waals surface area contributed by atoms with E-state index in [9.17, 15) is 0 Å². The lowest BCUT2D eigenvalue weighted by atomic mass is 9.80. The van der Waals surface area contributed by atoms with Crippen LogP contribution in [0.2, 0.25) is 0 Å². The zero-order valence-corrected chi connectivity index (χ0v) is 29.7. The molecule has 0 atom stereocenters. The molecule has 0 fully saturated rings. The average molecular weight is 667 g/mol. The molecule has 8 rings (SSSR count). The van der Waals surface area contributed by atoms with Gasteiger partial charge in [-0.15, -0.1) is 0 Å². The Bertz CT molecular complexity index is 2240. The van der Waals surface area contributed by atoms with Crippen LogP contribution in [0.5, 0.6) is 0 Å². The van der Waals surface area contributed by atoms with Crippen LogP contribution in [0.4, 0.5) is 0 Å². The molecule has 250 valence electrons. The van der Waals surface area contributed by atoms with E-state index in [-0.39, 0.29) is 0 Å². The lowest BCUT2D eigenvalue weighted by Crippen LogP contribution is -2.00. The normalized spacial score (nSPS) is 20.2. The summed E-state index contributed by atoms with van der Waals surface area (Å²) in [4.78, 5) is 0. The highest BCUT2D eigenvalue weighted by Crippen LogP contribution is 2.47. The molecule has 4 aromatic carbocycles. The van der Waals surface area contributed by atoms with Gasteiger partial charge in [0.05, 0.1) is 0 Å². The van der Waals surface area contributed by atoms with Gasteiger partial charge in [0.25, 0.3) is 0 Å². The van der Waals surface area contributed by atoms with Gasteiger partial charge >= 0.3 is 0 Å². The van der Waals surface area contributed by atoms with E-state index in [4.69, 9.17) is 0 Å². The number of rotatable bonds is 8. The van der Waals surface area contributed by atoms with E-state index in [1.807, 2.05) is 24.3 Å². The summed E-state index contributed by atoms with van der Waals surface area (Å²) in [7, 11) is 0. The summed E-state index contributed by atoms with van der Waals surface area (Å²) in [5, 5.41) is 7.80. The predicted octanol–water partition coefficient (Wildman–Crippen LogP) is 14.4. The molecule has 0 radical (unpaired) electrons. The summed E-state index contributed by atoms with van der Waals surface area (Å²) in [5.41, 5.74) is 15.2. The maximum absolute atomic E-state index is 3.92. The maximum atomic E-state index is 3.92. The van der Waals surface area contributed by atoms with Crippen molar-refractivity contribution >= 4 is 54.6 Å². The van der Waals surface area contributed by atoms with Crippen molar-refractivity contribution in [3.8, 4) is 0 Å². The predicted molar refractivity (Wildman–Crippen MR) is 230 cm³/mol. The van der Waals surface area contributed by atoms with Crippen molar-refractivity contribution in [2.75, 3.05) is 0 Å². The van der Waals surface area contributed by atoms with Crippen LogP contribution < -0.4 is 0 Å². The van der Waals surface area contributed by atoms with Crippen LogP contribution in [0.1, 0.15) is 47.9 Å². The van der Waals surface area contributed by atoms with Gasteiger partial charge in [-0.1, -0.05) is 172 Å². The minimum Gasteiger partial charge on any atom is -0.0991 e. The third-order valence-corrected chi connectivity index (χ3v) is 10.6. The smallest absolute Gasteiger partial charge is 0.00139 e. The SMILES string of the molecule is C=CC=C1C=CC(c2cc(C3=CCC(=CC=C)C=C3)c3ccc4c(C5=CCC(=CC=C)C=C5)cc(C5=CCC(=CC=C)C=C5)c5ccc2c3c54)=CC1. The Morgan fingerprint density at radius 2 is 0.596 bits per heavy atom. The first-order chi connectivity index (χ1) is 25.6. The molecule has 0 nitrogen and oxygen atoms in total. The van der Waals surface area contributed by atoms with Crippen LogP contribution >= 0.6 is 0 Å². The van der Waals surface area contributed by atoms with Gasteiger partial charge in [0.2, 0.25) is 0 Å². The maximum Gasteiger partial charge on any atom is -0.00139 e. The Morgan fingerprint density at radius 3 is 0.788 bits per heavy atom. The second kappa shape index (κ2) is 14.2. The zero-order chi connectivity index (χ0) is 35.6. The molecular weight excluding hydrogens is 625 g/mol. The molecule has 0 heterocycles. The third kappa shape index (κ3) is 5.97. The topological polar surface area (TPSA) is 0 Å². The number of benzene rings is 4.